The standard InChI is InChI=1S/C22H33N5O.HI/c1-15-16(2)26-19-9-8-17(12-18(15)19)13-24-21(23-3)25-14-22(10-6-7-11-22)20(28)27(4)5;/h8-9,12,26H,6-7,10-11,13-14H2,1-5H3,(H2,23,24,25);1H. The number of hydrogen-bond acceptors (Lipinski definition) is 2. The van der Waals surface area contributed by atoms with Gasteiger partial charge in [-0.05, 0) is 49.9 Å². The topological polar surface area (TPSA) is 72.5 Å². The first kappa shape index (κ1) is 23.5. The van der Waals surface area contributed by atoms with E-state index >= 15 is 0 Å². The third-order valence-corrected chi connectivity index (χ3v) is 6.07. The van der Waals surface area contributed by atoms with E-state index in [-0.39, 0.29) is 35.3 Å². The summed E-state index contributed by atoms with van der Waals surface area (Å²) in [7, 11) is 5.46. The number of guanidine groups is 1. The third kappa shape index (κ3) is 5.05. The van der Waals surface area contributed by atoms with Crippen LogP contribution in [0.5, 0.6) is 0 Å². The lowest BCUT2D eigenvalue weighted by atomic mass is 9.84. The number of aromatic nitrogens is 1. The van der Waals surface area contributed by atoms with Crippen LogP contribution in [0.15, 0.2) is 23.2 Å². The van der Waals surface area contributed by atoms with Crippen molar-refractivity contribution in [3.8, 4) is 0 Å². The normalized spacial score (nSPS) is 15.8. The molecule has 0 unspecified atom stereocenters. The number of aryl methyl sites for hydroxylation is 2. The Kier molecular flexibility index (Phi) is 7.96. The minimum Gasteiger partial charge on any atom is -0.358 e. The fourth-order valence-corrected chi connectivity index (χ4v) is 4.27. The Balaban J connectivity index is 0.00000300. The number of aliphatic imine (C=N–C) groups is 1. The maximum Gasteiger partial charge on any atom is 0.230 e. The third-order valence-electron chi connectivity index (χ3n) is 6.07. The number of nitrogens with one attached hydrogen (secondary N) is 3. The zero-order chi connectivity index (χ0) is 20.3. The Hall–Kier alpha value is -1.77. The molecule has 1 aromatic carbocycles. The Morgan fingerprint density at radius 2 is 1.90 bits per heavy atom. The van der Waals surface area contributed by atoms with Crippen LogP contribution in [0.4, 0.5) is 0 Å². The number of benzene rings is 1. The summed E-state index contributed by atoms with van der Waals surface area (Å²) in [6.07, 6.45) is 4.11. The predicted octanol–water partition coefficient (Wildman–Crippen LogP) is 3.72. The van der Waals surface area contributed by atoms with Crippen molar-refractivity contribution >= 4 is 46.7 Å². The summed E-state index contributed by atoms with van der Waals surface area (Å²) in [6.45, 7) is 5.56. The van der Waals surface area contributed by atoms with E-state index in [1.165, 1.54) is 27.7 Å². The lowest BCUT2D eigenvalue weighted by Gasteiger charge is -2.31. The molecule has 6 nitrogen and oxygen atoms in total. The summed E-state index contributed by atoms with van der Waals surface area (Å²) < 4.78 is 0. The molecule has 2 aromatic rings. The van der Waals surface area contributed by atoms with Crippen molar-refractivity contribution in [2.75, 3.05) is 27.7 Å². The molecule has 0 bridgehead atoms. The van der Waals surface area contributed by atoms with Gasteiger partial charge in [-0.1, -0.05) is 18.9 Å². The van der Waals surface area contributed by atoms with Crippen molar-refractivity contribution in [1.82, 2.24) is 20.5 Å². The fraction of sp³-hybridized carbons (Fsp3) is 0.545. The van der Waals surface area contributed by atoms with Gasteiger partial charge >= 0.3 is 0 Å². The first-order valence-electron chi connectivity index (χ1n) is 10.1. The average molecular weight is 511 g/mol. The Morgan fingerprint density at radius 3 is 2.52 bits per heavy atom. The number of carbonyl (C=O) groups is 1. The molecule has 1 amide bonds. The lowest BCUT2D eigenvalue weighted by Crippen LogP contribution is -2.49. The molecule has 0 aliphatic heterocycles. The zero-order valence-electron chi connectivity index (χ0n) is 18.2. The second-order valence-corrected chi connectivity index (χ2v) is 8.22. The molecule has 0 saturated heterocycles. The fourth-order valence-electron chi connectivity index (χ4n) is 4.27. The van der Waals surface area contributed by atoms with Crippen molar-refractivity contribution in [1.29, 1.82) is 0 Å². The molecular formula is C22H34IN5O. The highest BCUT2D eigenvalue weighted by Gasteiger charge is 2.42. The highest BCUT2D eigenvalue weighted by molar-refractivity contribution is 14.0. The number of H-pyrrole nitrogens is 1. The number of carbonyl (C=O) groups excluding carboxylic acids is 1. The summed E-state index contributed by atoms with van der Waals surface area (Å²) in [5, 5.41) is 8.05. The van der Waals surface area contributed by atoms with E-state index < -0.39 is 0 Å². The molecule has 1 aliphatic rings. The number of nitrogens with zero attached hydrogens (tertiary/aromatic N) is 2. The van der Waals surface area contributed by atoms with E-state index in [0.29, 0.717) is 13.1 Å². The molecule has 1 aliphatic carbocycles. The van der Waals surface area contributed by atoms with E-state index in [2.05, 4.69) is 52.7 Å². The Bertz CT molecular complexity index is 881. The summed E-state index contributed by atoms with van der Waals surface area (Å²) in [4.78, 5) is 22.2. The van der Waals surface area contributed by atoms with Gasteiger partial charge in [0, 0.05) is 50.8 Å². The monoisotopic (exact) mass is 511 g/mol. The van der Waals surface area contributed by atoms with Gasteiger partial charge in [-0.3, -0.25) is 9.79 Å². The zero-order valence-corrected chi connectivity index (χ0v) is 20.5. The minimum atomic E-state index is -0.306. The van der Waals surface area contributed by atoms with Crippen molar-refractivity contribution < 1.29 is 4.79 Å². The number of hydrogen-bond donors (Lipinski definition) is 3. The molecule has 160 valence electrons. The smallest absolute Gasteiger partial charge is 0.230 e. The Morgan fingerprint density at radius 1 is 1.21 bits per heavy atom. The molecule has 3 rings (SSSR count). The van der Waals surface area contributed by atoms with Crippen LogP contribution in [0, 0.1) is 19.3 Å². The molecule has 29 heavy (non-hydrogen) atoms. The van der Waals surface area contributed by atoms with Gasteiger partial charge < -0.3 is 20.5 Å². The van der Waals surface area contributed by atoms with E-state index in [4.69, 9.17) is 0 Å². The van der Waals surface area contributed by atoms with Gasteiger partial charge in [-0.2, -0.15) is 0 Å². The van der Waals surface area contributed by atoms with E-state index in [1.54, 1.807) is 11.9 Å². The van der Waals surface area contributed by atoms with Crippen LogP contribution >= 0.6 is 24.0 Å². The predicted molar refractivity (Wildman–Crippen MR) is 131 cm³/mol. The van der Waals surface area contributed by atoms with Gasteiger partial charge in [0.2, 0.25) is 5.91 Å². The first-order valence-corrected chi connectivity index (χ1v) is 10.1. The molecule has 7 heteroatoms. The SMILES string of the molecule is CN=C(NCc1ccc2[nH]c(C)c(C)c2c1)NCC1(C(=O)N(C)C)CCCC1.I. The number of fused-ring (bicyclic) bond motifs is 1. The summed E-state index contributed by atoms with van der Waals surface area (Å²) in [5.41, 5.74) is 4.58. The van der Waals surface area contributed by atoms with Crippen LogP contribution in [0.2, 0.25) is 0 Å². The molecule has 3 N–H and O–H groups in total. The summed E-state index contributed by atoms with van der Waals surface area (Å²) in [5.74, 6) is 0.955. The van der Waals surface area contributed by atoms with Crippen molar-refractivity contribution in [2.24, 2.45) is 10.4 Å². The maximum atomic E-state index is 12.7. The number of rotatable bonds is 5. The second kappa shape index (κ2) is 9.82. The van der Waals surface area contributed by atoms with Crippen LogP contribution in [0.1, 0.15) is 42.5 Å². The molecular weight excluding hydrogens is 477 g/mol. The maximum absolute atomic E-state index is 12.7. The summed E-state index contributed by atoms with van der Waals surface area (Å²) >= 11 is 0. The van der Waals surface area contributed by atoms with Gasteiger partial charge in [0.05, 0.1) is 5.41 Å². The van der Waals surface area contributed by atoms with Gasteiger partial charge in [0.15, 0.2) is 5.96 Å². The van der Waals surface area contributed by atoms with E-state index in [9.17, 15) is 4.79 Å². The van der Waals surface area contributed by atoms with Crippen molar-refractivity contribution in [2.45, 2.75) is 46.1 Å². The molecule has 1 fully saturated rings. The van der Waals surface area contributed by atoms with Gasteiger partial charge in [0.25, 0.3) is 0 Å². The molecule has 0 spiro atoms. The molecule has 1 aromatic heterocycles. The van der Waals surface area contributed by atoms with Crippen LogP contribution in [0.25, 0.3) is 10.9 Å². The molecule has 1 heterocycles. The van der Waals surface area contributed by atoms with Crippen molar-refractivity contribution in [3.05, 3.63) is 35.0 Å². The van der Waals surface area contributed by atoms with Gasteiger partial charge in [-0.15, -0.1) is 24.0 Å². The number of halogens is 1. The van der Waals surface area contributed by atoms with E-state index in [0.717, 1.165) is 31.6 Å². The first-order chi connectivity index (χ1) is 13.4. The van der Waals surface area contributed by atoms with Crippen LogP contribution < -0.4 is 10.6 Å². The number of aromatic amines is 1. The van der Waals surface area contributed by atoms with Crippen LogP contribution in [-0.4, -0.2) is 49.4 Å². The second-order valence-electron chi connectivity index (χ2n) is 8.22. The highest BCUT2D eigenvalue weighted by atomic mass is 127. The average Bonchev–Trinajstić information content (AvgIpc) is 3.27. The quantitative estimate of drug-likeness (QED) is 0.326. The lowest BCUT2D eigenvalue weighted by molar-refractivity contribution is -0.138. The van der Waals surface area contributed by atoms with Gasteiger partial charge in [-0.25, -0.2) is 0 Å². The summed E-state index contributed by atoms with van der Waals surface area (Å²) in [6, 6.07) is 6.49. The van der Waals surface area contributed by atoms with Gasteiger partial charge in [0.1, 0.15) is 0 Å². The largest absolute Gasteiger partial charge is 0.358 e. The minimum absolute atomic E-state index is 0. The van der Waals surface area contributed by atoms with E-state index in [1.807, 2.05) is 14.1 Å². The van der Waals surface area contributed by atoms with Crippen molar-refractivity contribution in [3.63, 3.8) is 0 Å². The van der Waals surface area contributed by atoms with Crippen LogP contribution in [-0.2, 0) is 11.3 Å². The van der Waals surface area contributed by atoms with Crippen LogP contribution in [0.3, 0.4) is 0 Å². The Labute approximate surface area is 190 Å². The highest BCUT2D eigenvalue weighted by Crippen LogP contribution is 2.38. The molecule has 0 atom stereocenters. The molecule has 0 radical (unpaired) electrons. The molecule has 1 saturated carbocycles. The number of amides is 1.